The molecule has 1 unspecified atom stereocenters. The third-order valence-electron chi connectivity index (χ3n) is 8.06. The van der Waals surface area contributed by atoms with Crippen LogP contribution in [0.4, 0.5) is 17.1 Å². The lowest BCUT2D eigenvalue weighted by Gasteiger charge is -2.36. The van der Waals surface area contributed by atoms with Crippen LogP contribution in [0.25, 0.3) is 0 Å². The Morgan fingerprint density at radius 2 is 1.62 bits per heavy atom. The van der Waals surface area contributed by atoms with E-state index < -0.39 is 12.0 Å². The Balaban J connectivity index is 1.23. The van der Waals surface area contributed by atoms with Gasteiger partial charge in [-0.25, -0.2) is 4.79 Å². The van der Waals surface area contributed by atoms with Gasteiger partial charge in [0.25, 0.3) is 5.91 Å². The van der Waals surface area contributed by atoms with Crippen LogP contribution in [-0.4, -0.2) is 91.7 Å². The smallest absolute Gasteiger partial charge is 0.338 e. The van der Waals surface area contributed by atoms with E-state index in [4.69, 9.17) is 21.7 Å². The molecule has 11 heteroatoms. The first-order valence-electron chi connectivity index (χ1n) is 15.3. The average molecular weight is 630 g/mol. The third kappa shape index (κ3) is 7.79. The van der Waals surface area contributed by atoms with Crippen LogP contribution in [0.5, 0.6) is 5.75 Å². The van der Waals surface area contributed by atoms with E-state index in [-0.39, 0.29) is 24.8 Å². The molecular formula is C34H39N5O5S. The van der Waals surface area contributed by atoms with Crippen LogP contribution in [0.15, 0.2) is 78.9 Å². The minimum Gasteiger partial charge on any atom is -0.497 e. The highest BCUT2D eigenvalue weighted by molar-refractivity contribution is 7.80. The molecule has 0 bridgehead atoms. The monoisotopic (exact) mass is 629 g/mol. The number of carbonyl (C=O) groups excluding carboxylic acids is 3. The predicted octanol–water partition coefficient (Wildman–Crippen LogP) is 4.42. The number of rotatable bonds is 12. The van der Waals surface area contributed by atoms with Gasteiger partial charge in [-0.05, 0) is 80.6 Å². The van der Waals surface area contributed by atoms with Crippen LogP contribution in [0.2, 0.25) is 0 Å². The summed E-state index contributed by atoms with van der Waals surface area (Å²) < 4.78 is 10.4. The quantitative estimate of drug-likeness (QED) is 0.231. The van der Waals surface area contributed by atoms with Gasteiger partial charge in [0.15, 0.2) is 5.11 Å². The van der Waals surface area contributed by atoms with Crippen molar-refractivity contribution < 1.29 is 23.9 Å². The minimum absolute atomic E-state index is 0.0746. The highest BCUT2D eigenvalue weighted by Crippen LogP contribution is 2.30. The van der Waals surface area contributed by atoms with Crippen molar-refractivity contribution in [3.63, 3.8) is 0 Å². The Labute approximate surface area is 269 Å². The van der Waals surface area contributed by atoms with Crippen molar-refractivity contribution in [1.82, 2.24) is 9.80 Å². The third-order valence-corrected chi connectivity index (χ3v) is 8.47. The maximum absolute atomic E-state index is 13.8. The number of nitrogens with one attached hydrogen (secondary N) is 1. The number of piperazine rings is 1. The number of benzene rings is 3. The molecule has 3 aromatic carbocycles. The lowest BCUT2D eigenvalue weighted by molar-refractivity contribution is -0.124. The van der Waals surface area contributed by atoms with Crippen LogP contribution in [0, 0.1) is 0 Å². The summed E-state index contributed by atoms with van der Waals surface area (Å²) in [6.45, 7) is 7.24. The number of ether oxygens (including phenoxy) is 2. The Hall–Kier alpha value is -4.48. The van der Waals surface area contributed by atoms with Gasteiger partial charge in [-0.3, -0.25) is 19.4 Å². The summed E-state index contributed by atoms with van der Waals surface area (Å²) >= 11 is 5.85. The van der Waals surface area contributed by atoms with Crippen LogP contribution < -0.4 is 19.9 Å². The van der Waals surface area contributed by atoms with Gasteiger partial charge in [0.2, 0.25) is 5.91 Å². The highest BCUT2D eigenvalue weighted by Gasteiger charge is 2.44. The minimum atomic E-state index is -0.752. The van der Waals surface area contributed by atoms with Gasteiger partial charge in [-0.1, -0.05) is 24.3 Å². The highest BCUT2D eigenvalue weighted by atomic mass is 32.1. The molecule has 2 aliphatic heterocycles. The zero-order chi connectivity index (χ0) is 31.8. The molecule has 45 heavy (non-hydrogen) atoms. The standard InChI is InChI=1S/C34H39N5O5S/c1-3-44-33(42)25-13-15-26(16-14-25)35-31(40)24-30-32(41)39(28-11-7-12-29(23-28)43-2)34(45)38(30)18-8-17-36-19-21-37(22-20-36)27-9-5-4-6-10-27/h4-7,9-16,23,30H,3,8,17-22,24H2,1-2H3,(H,35,40). The Morgan fingerprint density at radius 1 is 0.911 bits per heavy atom. The van der Waals surface area contributed by atoms with Crippen LogP contribution in [0.1, 0.15) is 30.1 Å². The molecule has 1 atom stereocenters. The zero-order valence-electron chi connectivity index (χ0n) is 25.7. The Bertz CT molecular complexity index is 1490. The summed E-state index contributed by atoms with van der Waals surface area (Å²) in [6.07, 6.45) is 0.715. The average Bonchev–Trinajstić information content (AvgIpc) is 3.29. The lowest BCUT2D eigenvalue weighted by Crippen LogP contribution is -2.47. The molecule has 0 radical (unpaired) electrons. The molecule has 10 nitrogen and oxygen atoms in total. The normalized spacial score (nSPS) is 17.0. The number of hydrogen-bond donors (Lipinski definition) is 1. The summed E-state index contributed by atoms with van der Waals surface area (Å²) in [5.41, 5.74) is 2.76. The number of carbonyl (C=O) groups is 3. The maximum Gasteiger partial charge on any atom is 0.338 e. The molecule has 0 aromatic heterocycles. The van der Waals surface area contributed by atoms with E-state index in [9.17, 15) is 14.4 Å². The second-order valence-electron chi connectivity index (χ2n) is 10.9. The Morgan fingerprint density at radius 3 is 2.31 bits per heavy atom. The number of anilines is 3. The van der Waals surface area contributed by atoms with E-state index in [1.54, 1.807) is 50.4 Å². The molecule has 3 aromatic rings. The van der Waals surface area contributed by atoms with Crippen molar-refractivity contribution >= 4 is 52.2 Å². The van der Waals surface area contributed by atoms with E-state index >= 15 is 0 Å². The van der Waals surface area contributed by atoms with Crippen LogP contribution >= 0.6 is 12.2 Å². The molecule has 2 saturated heterocycles. The van der Waals surface area contributed by atoms with Gasteiger partial charge >= 0.3 is 5.97 Å². The van der Waals surface area contributed by atoms with Gasteiger partial charge in [-0.15, -0.1) is 0 Å². The van der Waals surface area contributed by atoms with E-state index in [1.165, 1.54) is 10.6 Å². The van der Waals surface area contributed by atoms with Crippen molar-refractivity contribution in [2.24, 2.45) is 0 Å². The topological polar surface area (TPSA) is 94.7 Å². The van der Waals surface area contributed by atoms with Crippen molar-refractivity contribution in [3.8, 4) is 5.75 Å². The van der Waals surface area contributed by atoms with Gasteiger partial charge in [-0.2, -0.15) is 0 Å². The van der Waals surface area contributed by atoms with Crippen LogP contribution in [0.3, 0.4) is 0 Å². The SMILES string of the molecule is CCOC(=O)c1ccc(NC(=O)CC2C(=O)N(c3cccc(OC)c3)C(=S)N2CCCN2CCN(c3ccccc3)CC2)cc1. The Kier molecular flexibility index (Phi) is 10.6. The lowest BCUT2D eigenvalue weighted by atomic mass is 10.1. The molecule has 236 valence electrons. The van der Waals surface area contributed by atoms with Gasteiger partial charge in [0, 0.05) is 50.2 Å². The van der Waals surface area contributed by atoms with Crippen LogP contribution in [-0.2, 0) is 14.3 Å². The molecule has 0 spiro atoms. The van der Waals surface area contributed by atoms with Crippen molar-refractivity contribution in [3.05, 3.63) is 84.4 Å². The van der Waals surface area contributed by atoms with E-state index in [0.29, 0.717) is 34.3 Å². The fourth-order valence-electron chi connectivity index (χ4n) is 5.70. The first-order chi connectivity index (χ1) is 21.9. The maximum atomic E-state index is 13.8. The molecule has 0 aliphatic carbocycles. The van der Waals surface area contributed by atoms with Crippen molar-refractivity contribution in [2.75, 3.05) is 68.1 Å². The largest absolute Gasteiger partial charge is 0.497 e. The summed E-state index contributed by atoms with van der Waals surface area (Å²) in [5, 5.41) is 3.23. The molecule has 2 amide bonds. The molecule has 1 N–H and O–H groups in total. The van der Waals surface area contributed by atoms with E-state index in [1.807, 2.05) is 23.1 Å². The number of para-hydroxylation sites is 1. The number of esters is 1. The predicted molar refractivity (Wildman–Crippen MR) is 179 cm³/mol. The first-order valence-corrected chi connectivity index (χ1v) is 15.7. The number of amides is 2. The van der Waals surface area contributed by atoms with Crippen molar-refractivity contribution in [1.29, 1.82) is 0 Å². The van der Waals surface area contributed by atoms with E-state index in [0.717, 1.165) is 39.1 Å². The second kappa shape index (κ2) is 15.0. The zero-order valence-corrected chi connectivity index (χ0v) is 26.5. The molecule has 2 heterocycles. The molecule has 5 rings (SSSR count). The number of nitrogens with zero attached hydrogens (tertiary/aromatic N) is 4. The summed E-state index contributed by atoms with van der Waals surface area (Å²) in [7, 11) is 1.57. The second-order valence-corrected chi connectivity index (χ2v) is 11.3. The van der Waals surface area contributed by atoms with Gasteiger partial charge < -0.3 is 24.6 Å². The van der Waals surface area contributed by atoms with Gasteiger partial charge in [0.05, 0.1) is 31.4 Å². The molecule has 0 saturated carbocycles. The fraction of sp³-hybridized carbons (Fsp3) is 0.353. The van der Waals surface area contributed by atoms with E-state index in [2.05, 4.69) is 39.4 Å². The summed E-state index contributed by atoms with van der Waals surface area (Å²) in [6, 6.07) is 23.4. The molecular weight excluding hydrogens is 590 g/mol. The number of hydrogen-bond acceptors (Lipinski definition) is 8. The fourth-order valence-corrected chi connectivity index (χ4v) is 6.11. The molecule has 2 aliphatic rings. The van der Waals surface area contributed by atoms with Crippen molar-refractivity contribution in [2.45, 2.75) is 25.8 Å². The summed E-state index contributed by atoms with van der Waals surface area (Å²) in [4.78, 5) is 47.3. The number of thiocarbonyl (C=S) groups is 1. The number of methoxy groups -OCH3 is 1. The summed E-state index contributed by atoms with van der Waals surface area (Å²) in [5.74, 6) is -0.393. The molecule has 2 fully saturated rings. The first kappa shape index (κ1) is 31.9. The van der Waals surface area contributed by atoms with Gasteiger partial charge in [0.1, 0.15) is 11.8 Å².